The lowest BCUT2D eigenvalue weighted by Crippen LogP contribution is -2.45. The van der Waals surface area contributed by atoms with E-state index in [2.05, 4.69) is 69.3 Å². The Morgan fingerprint density at radius 3 is 2.69 bits per heavy atom. The summed E-state index contributed by atoms with van der Waals surface area (Å²) in [5, 5.41) is 3.27. The minimum absolute atomic E-state index is 0.0973. The highest BCUT2D eigenvalue weighted by atomic mass is 79.9. The maximum absolute atomic E-state index is 13.0. The number of allylic oxidation sites excluding steroid dienone is 3. The van der Waals surface area contributed by atoms with E-state index in [0.717, 1.165) is 29.6 Å². The van der Waals surface area contributed by atoms with Crippen LogP contribution in [0.3, 0.4) is 0 Å². The number of carbonyl (C=O) groups is 2. The van der Waals surface area contributed by atoms with Gasteiger partial charge in [-0.25, -0.2) is 4.99 Å². The van der Waals surface area contributed by atoms with Crippen LogP contribution in [0.1, 0.15) is 34.8 Å². The quantitative estimate of drug-likeness (QED) is 0.337. The van der Waals surface area contributed by atoms with Crippen molar-refractivity contribution in [2.24, 2.45) is 10.9 Å². The van der Waals surface area contributed by atoms with Gasteiger partial charge < -0.3 is 10.2 Å². The maximum atomic E-state index is 13.0. The molecule has 0 fully saturated rings. The molecule has 36 heavy (non-hydrogen) atoms. The highest BCUT2D eigenvalue weighted by molar-refractivity contribution is 9.11. The monoisotopic (exact) mass is 564 g/mol. The van der Waals surface area contributed by atoms with Gasteiger partial charge in [0.05, 0.1) is 12.3 Å². The number of fused-ring (bicyclic) bond motifs is 1. The first kappa shape index (κ1) is 26.0. The van der Waals surface area contributed by atoms with E-state index in [-0.39, 0.29) is 16.9 Å². The molecular weight excluding hydrogens is 536 g/mol. The second-order valence-corrected chi connectivity index (χ2v) is 10.1. The summed E-state index contributed by atoms with van der Waals surface area (Å²) in [5.41, 5.74) is 4.57. The highest BCUT2D eigenvalue weighted by Crippen LogP contribution is 2.26. The zero-order valence-corrected chi connectivity index (χ0v) is 22.8. The number of nitrogens with one attached hydrogen (secondary N) is 1. The van der Waals surface area contributed by atoms with E-state index in [1.165, 1.54) is 16.2 Å². The SMILES string of the molecule is CCN(CCCNC(=O)c1ccc(CN2C(=O)C3C=C(Br)C=CC3=NC2=S)cc1)c1cccc(C)c1. The summed E-state index contributed by atoms with van der Waals surface area (Å²) in [6.07, 6.45) is 6.36. The summed E-state index contributed by atoms with van der Waals surface area (Å²) in [6, 6.07) is 15.7. The molecule has 0 spiro atoms. The number of nitrogens with zero attached hydrogens (tertiary/aromatic N) is 3. The van der Waals surface area contributed by atoms with Gasteiger partial charge in [0.2, 0.25) is 11.0 Å². The summed E-state index contributed by atoms with van der Waals surface area (Å²) >= 11 is 8.80. The molecule has 2 aromatic carbocycles. The van der Waals surface area contributed by atoms with E-state index >= 15 is 0 Å². The molecule has 4 rings (SSSR count). The van der Waals surface area contributed by atoms with Crippen molar-refractivity contribution in [1.29, 1.82) is 0 Å². The topological polar surface area (TPSA) is 65.0 Å². The molecule has 6 nitrogen and oxygen atoms in total. The fourth-order valence-corrected chi connectivity index (χ4v) is 4.92. The number of amides is 2. The predicted molar refractivity (Wildman–Crippen MR) is 153 cm³/mol. The van der Waals surface area contributed by atoms with Crippen molar-refractivity contribution in [2.45, 2.75) is 26.8 Å². The second kappa shape index (κ2) is 11.8. The maximum Gasteiger partial charge on any atom is 0.251 e. The normalized spacial score (nSPS) is 16.9. The minimum atomic E-state index is -0.435. The van der Waals surface area contributed by atoms with Gasteiger partial charge in [-0.05, 0) is 80.0 Å². The van der Waals surface area contributed by atoms with Crippen LogP contribution in [0.25, 0.3) is 0 Å². The number of benzene rings is 2. The number of hydrogen-bond donors (Lipinski definition) is 1. The van der Waals surface area contributed by atoms with Gasteiger partial charge in [-0.15, -0.1) is 0 Å². The molecule has 1 aliphatic heterocycles. The highest BCUT2D eigenvalue weighted by Gasteiger charge is 2.34. The molecule has 0 aromatic heterocycles. The van der Waals surface area contributed by atoms with Crippen LogP contribution in [0.2, 0.25) is 0 Å². The summed E-state index contributed by atoms with van der Waals surface area (Å²) in [7, 11) is 0. The molecule has 2 aromatic rings. The molecule has 186 valence electrons. The third-order valence-electron chi connectivity index (χ3n) is 6.24. The number of rotatable bonds is 9. The lowest BCUT2D eigenvalue weighted by atomic mass is 9.95. The van der Waals surface area contributed by atoms with Gasteiger partial charge in [-0.1, -0.05) is 46.3 Å². The molecule has 2 aliphatic rings. The van der Waals surface area contributed by atoms with Crippen molar-refractivity contribution in [3.05, 3.63) is 87.9 Å². The van der Waals surface area contributed by atoms with Crippen molar-refractivity contribution < 1.29 is 9.59 Å². The Morgan fingerprint density at radius 2 is 1.97 bits per heavy atom. The Hall–Kier alpha value is -3.10. The second-order valence-electron chi connectivity index (χ2n) is 8.83. The molecule has 0 saturated heterocycles. The molecule has 1 heterocycles. The van der Waals surface area contributed by atoms with E-state index in [1.54, 1.807) is 12.1 Å². The summed E-state index contributed by atoms with van der Waals surface area (Å²) in [4.78, 5) is 33.9. The first-order valence-corrected chi connectivity index (χ1v) is 13.2. The Balaban J connectivity index is 1.29. The lowest BCUT2D eigenvalue weighted by Gasteiger charge is -2.30. The first-order chi connectivity index (χ1) is 17.4. The van der Waals surface area contributed by atoms with Gasteiger partial charge in [0.25, 0.3) is 5.91 Å². The van der Waals surface area contributed by atoms with Gasteiger partial charge in [0, 0.05) is 35.4 Å². The van der Waals surface area contributed by atoms with Gasteiger partial charge in [0.1, 0.15) is 5.92 Å². The Kier molecular flexibility index (Phi) is 8.48. The van der Waals surface area contributed by atoms with Crippen molar-refractivity contribution in [3.63, 3.8) is 0 Å². The van der Waals surface area contributed by atoms with E-state index in [9.17, 15) is 9.59 Å². The third-order valence-corrected chi connectivity index (χ3v) is 7.08. The number of aliphatic imine (C=N–C) groups is 1. The van der Waals surface area contributed by atoms with Gasteiger partial charge >= 0.3 is 0 Å². The van der Waals surface area contributed by atoms with Gasteiger partial charge in [-0.3, -0.25) is 14.5 Å². The average Bonchev–Trinajstić information content (AvgIpc) is 2.87. The molecule has 0 bridgehead atoms. The molecular formula is C28H29BrN4O2S. The van der Waals surface area contributed by atoms with Crippen molar-refractivity contribution >= 4 is 56.5 Å². The van der Waals surface area contributed by atoms with Crippen LogP contribution in [0.15, 0.2) is 76.2 Å². The van der Waals surface area contributed by atoms with Gasteiger partial charge in [-0.2, -0.15) is 0 Å². The Morgan fingerprint density at radius 1 is 1.19 bits per heavy atom. The number of hydrogen-bond acceptors (Lipinski definition) is 4. The van der Waals surface area contributed by atoms with Gasteiger partial charge in [0.15, 0.2) is 0 Å². The molecule has 1 atom stereocenters. The van der Waals surface area contributed by atoms with Crippen molar-refractivity contribution in [1.82, 2.24) is 10.2 Å². The van der Waals surface area contributed by atoms with Crippen LogP contribution in [0.5, 0.6) is 0 Å². The zero-order valence-electron chi connectivity index (χ0n) is 20.4. The fraction of sp³-hybridized carbons (Fsp3) is 0.286. The predicted octanol–water partition coefficient (Wildman–Crippen LogP) is 5.17. The number of halogens is 1. The molecule has 0 saturated carbocycles. The van der Waals surface area contributed by atoms with Crippen molar-refractivity contribution in [2.75, 3.05) is 24.5 Å². The number of anilines is 1. The standard InChI is InChI=1S/C28H29BrN4O2S/c1-3-32(23-7-4-6-19(2)16-23)15-5-14-30-26(34)21-10-8-20(9-11-21)18-33-27(35)24-17-22(29)12-13-25(24)31-28(33)36/h4,6-13,16-17,24H,3,5,14-15,18H2,1-2H3,(H,30,34). The lowest BCUT2D eigenvalue weighted by molar-refractivity contribution is -0.128. The first-order valence-electron chi connectivity index (χ1n) is 12.0. The molecule has 1 aliphatic carbocycles. The van der Waals surface area contributed by atoms with E-state index in [0.29, 0.717) is 24.4 Å². The van der Waals surface area contributed by atoms with Crippen LogP contribution in [0, 0.1) is 12.8 Å². The van der Waals surface area contributed by atoms with E-state index in [4.69, 9.17) is 12.2 Å². The minimum Gasteiger partial charge on any atom is -0.372 e. The summed E-state index contributed by atoms with van der Waals surface area (Å²) in [5.74, 6) is -0.640. The molecule has 2 amide bonds. The van der Waals surface area contributed by atoms with Crippen LogP contribution in [-0.4, -0.2) is 47.2 Å². The summed E-state index contributed by atoms with van der Waals surface area (Å²) in [6.45, 7) is 6.93. The van der Waals surface area contributed by atoms with E-state index < -0.39 is 5.92 Å². The molecule has 1 N–H and O–H groups in total. The van der Waals surface area contributed by atoms with Crippen LogP contribution in [0.4, 0.5) is 5.69 Å². The smallest absolute Gasteiger partial charge is 0.251 e. The van der Waals surface area contributed by atoms with Crippen LogP contribution in [-0.2, 0) is 11.3 Å². The molecule has 0 radical (unpaired) electrons. The van der Waals surface area contributed by atoms with E-state index in [1.807, 2.05) is 30.4 Å². The molecule has 1 unspecified atom stereocenters. The largest absolute Gasteiger partial charge is 0.372 e. The Labute approximate surface area is 225 Å². The zero-order chi connectivity index (χ0) is 25.7. The van der Waals surface area contributed by atoms with Crippen molar-refractivity contribution in [3.8, 4) is 0 Å². The summed E-state index contributed by atoms with van der Waals surface area (Å²) < 4.78 is 0.848. The van der Waals surface area contributed by atoms with Crippen LogP contribution < -0.4 is 10.2 Å². The number of carbonyl (C=O) groups excluding carboxylic acids is 2. The Bertz CT molecular complexity index is 1250. The third kappa shape index (κ3) is 6.17. The number of thiocarbonyl (C=S) groups is 1. The van der Waals surface area contributed by atoms with Crippen LogP contribution >= 0.6 is 28.1 Å². The molecule has 8 heteroatoms. The fourth-order valence-electron chi connectivity index (χ4n) is 4.26. The number of aryl methyl sites for hydroxylation is 1. The average molecular weight is 566 g/mol.